The molecule has 0 aliphatic rings. The van der Waals surface area contributed by atoms with Gasteiger partial charge in [-0.05, 0) is 64.8 Å². The summed E-state index contributed by atoms with van der Waals surface area (Å²) in [4.78, 5) is 12.2. The second-order valence-corrected chi connectivity index (χ2v) is 5.11. The number of nitriles is 1. The summed E-state index contributed by atoms with van der Waals surface area (Å²) in [6.45, 7) is 1.75. The van der Waals surface area contributed by atoms with Crippen LogP contribution in [0.5, 0.6) is 5.75 Å². The van der Waals surface area contributed by atoms with Gasteiger partial charge in [0.05, 0.1) is 17.3 Å². The highest BCUT2D eigenvalue weighted by Crippen LogP contribution is 2.25. The minimum Gasteiger partial charge on any atom is -0.508 e. The summed E-state index contributed by atoms with van der Waals surface area (Å²) in [6, 6.07) is 11.5. The van der Waals surface area contributed by atoms with Crippen LogP contribution in [0.1, 0.15) is 21.5 Å². The van der Waals surface area contributed by atoms with E-state index in [1.165, 1.54) is 12.1 Å². The lowest BCUT2D eigenvalue weighted by atomic mass is 10.1. The smallest absolute Gasteiger partial charge is 0.255 e. The number of carbonyl (C=O) groups is 1. The summed E-state index contributed by atoms with van der Waals surface area (Å²) in [7, 11) is 0. The van der Waals surface area contributed by atoms with Gasteiger partial charge >= 0.3 is 0 Å². The molecule has 0 fully saturated rings. The Morgan fingerprint density at radius 2 is 2.05 bits per heavy atom. The lowest BCUT2D eigenvalue weighted by molar-refractivity contribution is 0.102. The minimum absolute atomic E-state index is 0.124. The standard InChI is InChI=1S/C15H11BrN2O2/c1-9-6-11(19)3-4-12(9)15(20)18-14-5-2-10(8-17)7-13(14)16/h2-7,19H,1H3,(H,18,20). The van der Waals surface area contributed by atoms with E-state index >= 15 is 0 Å². The van der Waals surface area contributed by atoms with Crippen molar-refractivity contribution in [1.82, 2.24) is 0 Å². The third kappa shape index (κ3) is 2.98. The highest BCUT2D eigenvalue weighted by molar-refractivity contribution is 9.10. The second kappa shape index (κ2) is 5.76. The van der Waals surface area contributed by atoms with Crippen LogP contribution in [0.4, 0.5) is 5.69 Å². The van der Waals surface area contributed by atoms with Gasteiger partial charge in [0, 0.05) is 10.0 Å². The summed E-state index contributed by atoms with van der Waals surface area (Å²) in [5.41, 5.74) is 2.27. The van der Waals surface area contributed by atoms with E-state index in [0.29, 0.717) is 26.9 Å². The van der Waals surface area contributed by atoms with E-state index < -0.39 is 0 Å². The van der Waals surface area contributed by atoms with Crippen LogP contribution in [0, 0.1) is 18.3 Å². The molecule has 4 nitrogen and oxygen atoms in total. The van der Waals surface area contributed by atoms with Gasteiger partial charge in [-0.2, -0.15) is 5.26 Å². The largest absolute Gasteiger partial charge is 0.508 e. The van der Waals surface area contributed by atoms with Crippen LogP contribution < -0.4 is 5.32 Å². The summed E-state index contributed by atoms with van der Waals surface area (Å²) in [5.74, 6) is -0.147. The first kappa shape index (κ1) is 14.1. The van der Waals surface area contributed by atoms with Crippen molar-refractivity contribution >= 4 is 27.5 Å². The number of phenols is 1. The summed E-state index contributed by atoms with van der Waals surface area (Å²) < 4.78 is 0.640. The molecule has 0 aliphatic heterocycles. The van der Waals surface area contributed by atoms with Crippen LogP contribution in [0.3, 0.4) is 0 Å². The molecule has 0 radical (unpaired) electrons. The van der Waals surface area contributed by atoms with Crippen molar-refractivity contribution in [2.75, 3.05) is 5.32 Å². The number of nitrogens with zero attached hydrogens (tertiary/aromatic N) is 1. The molecule has 100 valence electrons. The van der Waals surface area contributed by atoms with Crippen molar-refractivity contribution in [3.8, 4) is 11.8 Å². The lowest BCUT2D eigenvalue weighted by Crippen LogP contribution is -2.13. The Kier molecular flexibility index (Phi) is 4.06. The molecule has 0 saturated heterocycles. The fourth-order valence-corrected chi connectivity index (χ4v) is 2.26. The van der Waals surface area contributed by atoms with Gasteiger partial charge in [-0.15, -0.1) is 0 Å². The average molecular weight is 331 g/mol. The molecule has 2 N–H and O–H groups in total. The zero-order chi connectivity index (χ0) is 14.7. The molecule has 0 unspecified atom stereocenters. The second-order valence-electron chi connectivity index (χ2n) is 4.26. The predicted molar refractivity (Wildman–Crippen MR) is 79.7 cm³/mol. The number of hydrogen-bond acceptors (Lipinski definition) is 3. The van der Waals surface area contributed by atoms with E-state index in [9.17, 15) is 9.90 Å². The maximum absolute atomic E-state index is 12.2. The molecule has 0 bridgehead atoms. The van der Waals surface area contributed by atoms with Crippen molar-refractivity contribution in [2.45, 2.75) is 6.92 Å². The normalized spacial score (nSPS) is 9.85. The SMILES string of the molecule is Cc1cc(O)ccc1C(=O)Nc1ccc(C#N)cc1Br. The summed E-state index contributed by atoms with van der Waals surface area (Å²) in [5, 5.41) is 20.9. The van der Waals surface area contributed by atoms with Gasteiger partial charge in [-0.25, -0.2) is 0 Å². The van der Waals surface area contributed by atoms with Gasteiger partial charge < -0.3 is 10.4 Å². The maximum atomic E-state index is 12.2. The Labute approximate surface area is 124 Å². The van der Waals surface area contributed by atoms with E-state index in [0.717, 1.165) is 0 Å². The molecular formula is C15H11BrN2O2. The topological polar surface area (TPSA) is 73.1 Å². The molecule has 0 aliphatic carbocycles. The van der Waals surface area contributed by atoms with Crippen LogP contribution in [-0.2, 0) is 0 Å². The number of anilines is 1. The predicted octanol–water partition coefficient (Wildman–Crippen LogP) is 3.59. The van der Waals surface area contributed by atoms with Crippen LogP contribution in [0.15, 0.2) is 40.9 Å². The number of halogens is 1. The van der Waals surface area contributed by atoms with Gasteiger partial charge in [0.2, 0.25) is 0 Å². The van der Waals surface area contributed by atoms with Crippen molar-refractivity contribution in [1.29, 1.82) is 5.26 Å². The summed E-state index contributed by atoms with van der Waals surface area (Å²) >= 11 is 3.31. The molecule has 2 aromatic carbocycles. The molecule has 0 saturated carbocycles. The number of aryl methyl sites for hydroxylation is 1. The third-order valence-corrected chi connectivity index (χ3v) is 3.46. The number of hydrogen-bond donors (Lipinski definition) is 2. The van der Waals surface area contributed by atoms with Crippen LogP contribution >= 0.6 is 15.9 Å². The Morgan fingerprint density at radius 1 is 1.30 bits per heavy atom. The van der Waals surface area contributed by atoms with Crippen LogP contribution in [0.2, 0.25) is 0 Å². The van der Waals surface area contributed by atoms with E-state index in [-0.39, 0.29) is 11.7 Å². The number of phenolic OH excluding ortho intramolecular Hbond substituents is 1. The fraction of sp³-hybridized carbons (Fsp3) is 0.0667. The molecule has 1 amide bonds. The van der Waals surface area contributed by atoms with Crippen LogP contribution in [0.25, 0.3) is 0 Å². The van der Waals surface area contributed by atoms with Gasteiger partial charge in [0.25, 0.3) is 5.91 Å². The molecule has 5 heteroatoms. The molecule has 2 aromatic rings. The Morgan fingerprint density at radius 3 is 2.65 bits per heavy atom. The zero-order valence-electron chi connectivity index (χ0n) is 10.6. The number of amides is 1. The van der Waals surface area contributed by atoms with E-state index in [2.05, 4.69) is 21.2 Å². The third-order valence-electron chi connectivity index (χ3n) is 2.80. The minimum atomic E-state index is -0.270. The Balaban J connectivity index is 2.26. The Hall–Kier alpha value is -2.32. The van der Waals surface area contributed by atoms with E-state index in [1.807, 2.05) is 6.07 Å². The maximum Gasteiger partial charge on any atom is 0.255 e. The first-order valence-corrected chi connectivity index (χ1v) is 6.61. The van der Waals surface area contributed by atoms with Gasteiger partial charge in [-0.3, -0.25) is 4.79 Å². The van der Waals surface area contributed by atoms with Crippen molar-refractivity contribution in [2.24, 2.45) is 0 Å². The van der Waals surface area contributed by atoms with Gasteiger partial charge in [0.1, 0.15) is 5.75 Å². The first-order valence-electron chi connectivity index (χ1n) is 5.82. The number of rotatable bonds is 2. The highest BCUT2D eigenvalue weighted by atomic mass is 79.9. The molecule has 0 heterocycles. The fourth-order valence-electron chi connectivity index (χ4n) is 1.78. The lowest BCUT2D eigenvalue weighted by Gasteiger charge is -2.09. The number of benzene rings is 2. The van der Waals surface area contributed by atoms with Gasteiger partial charge in [0.15, 0.2) is 0 Å². The summed E-state index contributed by atoms with van der Waals surface area (Å²) in [6.07, 6.45) is 0. The van der Waals surface area contributed by atoms with E-state index in [4.69, 9.17) is 5.26 Å². The van der Waals surface area contributed by atoms with E-state index in [1.54, 1.807) is 31.2 Å². The molecular weight excluding hydrogens is 320 g/mol. The molecule has 0 aromatic heterocycles. The number of nitrogens with one attached hydrogen (secondary N) is 1. The van der Waals surface area contributed by atoms with Crippen LogP contribution in [-0.4, -0.2) is 11.0 Å². The monoisotopic (exact) mass is 330 g/mol. The average Bonchev–Trinajstić information content (AvgIpc) is 2.40. The highest BCUT2D eigenvalue weighted by Gasteiger charge is 2.11. The Bertz CT molecular complexity index is 720. The number of aromatic hydroxyl groups is 1. The molecule has 20 heavy (non-hydrogen) atoms. The quantitative estimate of drug-likeness (QED) is 0.883. The van der Waals surface area contributed by atoms with Gasteiger partial charge in [-0.1, -0.05) is 0 Å². The van der Waals surface area contributed by atoms with Crippen molar-refractivity contribution in [3.05, 3.63) is 57.6 Å². The molecule has 0 spiro atoms. The molecule has 0 atom stereocenters. The first-order chi connectivity index (χ1) is 9.51. The zero-order valence-corrected chi connectivity index (χ0v) is 12.2. The number of carbonyl (C=O) groups excluding carboxylic acids is 1. The van der Waals surface area contributed by atoms with Crippen molar-refractivity contribution < 1.29 is 9.90 Å². The van der Waals surface area contributed by atoms with Crippen molar-refractivity contribution in [3.63, 3.8) is 0 Å². The molecule has 2 rings (SSSR count).